The number of benzene rings is 2. The molecular weight excluding hydrogens is 240 g/mol. The first-order chi connectivity index (χ1) is 6.85. The Morgan fingerprint density at radius 1 is 1.21 bits per heavy atom. The van der Waals surface area contributed by atoms with E-state index in [1.807, 2.05) is 6.07 Å². The van der Waals surface area contributed by atoms with E-state index in [1.165, 1.54) is 16.3 Å². The zero-order chi connectivity index (χ0) is 9.97. The predicted molar refractivity (Wildman–Crippen MR) is 63.1 cm³/mol. The van der Waals surface area contributed by atoms with Gasteiger partial charge in [-0.25, -0.2) is 0 Å². The van der Waals surface area contributed by atoms with Crippen molar-refractivity contribution in [3.8, 4) is 5.75 Å². The van der Waals surface area contributed by atoms with E-state index >= 15 is 0 Å². The van der Waals surface area contributed by atoms with Crippen LogP contribution in [-0.2, 0) is 5.33 Å². The maximum absolute atomic E-state index is 5.24. The first-order valence-electron chi connectivity index (χ1n) is 4.47. The van der Waals surface area contributed by atoms with Crippen LogP contribution in [0.3, 0.4) is 0 Å². The van der Waals surface area contributed by atoms with Crippen LogP contribution in [0.25, 0.3) is 10.8 Å². The molecule has 2 aromatic rings. The van der Waals surface area contributed by atoms with Crippen molar-refractivity contribution in [1.29, 1.82) is 0 Å². The highest BCUT2D eigenvalue weighted by Gasteiger charge is 2.02. The summed E-state index contributed by atoms with van der Waals surface area (Å²) in [5.41, 5.74) is 1.26. The molecule has 0 fully saturated rings. The third-order valence-corrected chi connectivity index (χ3v) is 2.90. The minimum absolute atomic E-state index is 0.852. The molecule has 14 heavy (non-hydrogen) atoms. The van der Waals surface area contributed by atoms with Crippen molar-refractivity contribution in [2.24, 2.45) is 0 Å². The second kappa shape index (κ2) is 4.01. The van der Waals surface area contributed by atoms with Gasteiger partial charge in [-0.15, -0.1) is 0 Å². The lowest BCUT2D eigenvalue weighted by Gasteiger charge is -2.07. The first-order valence-corrected chi connectivity index (χ1v) is 5.59. The number of ether oxygens (including phenoxy) is 1. The van der Waals surface area contributed by atoms with Crippen molar-refractivity contribution in [2.75, 3.05) is 7.11 Å². The summed E-state index contributed by atoms with van der Waals surface area (Å²) in [4.78, 5) is 0. The summed E-state index contributed by atoms with van der Waals surface area (Å²) >= 11 is 3.49. The lowest BCUT2D eigenvalue weighted by molar-refractivity contribution is 0.415. The van der Waals surface area contributed by atoms with E-state index in [-0.39, 0.29) is 0 Å². The van der Waals surface area contributed by atoms with Crippen molar-refractivity contribution in [1.82, 2.24) is 0 Å². The molecule has 2 aromatic carbocycles. The van der Waals surface area contributed by atoms with Gasteiger partial charge in [-0.05, 0) is 28.5 Å². The Morgan fingerprint density at radius 3 is 2.71 bits per heavy atom. The van der Waals surface area contributed by atoms with Crippen LogP contribution in [0.15, 0.2) is 36.4 Å². The average Bonchev–Trinajstić information content (AvgIpc) is 2.27. The van der Waals surface area contributed by atoms with Crippen LogP contribution >= 0.6 is 15.9 Å². The van der Waals surface area contributed by atoms with Gasteiger partial charge in [0.1, 0.15) is 5.75 Å². The molecule has 1 nitrogen and oxygen atoms in total. The van der Waals surface area contributed by atoms with Crippen LogP contribution < -0.4 is 4.74 Å². The fraction of sp³-hybridized carbons (Fsp3) is 0.167. The van der Waals surface area contributed by atoms with Gasteiger partial charge in [0.05, 0.1) is 7.11 Å². The Hall–Kier alpha value is -1.02. The second-order valence-electron chi connectivity index (χ2n) is 3.14. The molecule has 0 unspecified atom stereocenters. The third-order valence-electron chi connectivity index (χ3n) is 2.30. The van der Waals surface area contributed by atoms with E-state index in [9.17, 15) is 0 Å². The number of rotatable bonds is 2. The van der Waals surface area contributed by atoms with Crippen LogP contribution in [0, 0.1) is 0 Å². The monoisotopic (exact) mass is 250 g/mol. The topological polar surface area (TPSA) is 9.23 Å². The van der Waals surface area contributed by atoms with E-state index in [4.69, 9.17) is 4.74 Å². The molecule has 0 heterocycles. The summed E-state index contributed by atoms with van der Waals surface area (Å²) < 4.78 is 5.24. The number of halogens is 1. The van der Waals surface area contributed by atoms with Crippen molar-refractivity contribution >= 4 is 26.7 Å². The van der Waals surface area contributed by atoms with E-state index in [2.05, 4.69) is 46.3 Å². The molecule has 0 bridgehead atoms. The lowest BCUT2D eigenvalue weighted by Crippen LogP contribution is -1.87. The highest BCUT2D eigenvalue weighted by atomic mass is 79.9. The Balaban J connectivity index is 2.73. The van der Waals surface area contributed by atoms with Crippen LogP contribution in [0.2, 0.25) is 0 Å². The van der Waals surface area contributed by atoms with Crippen molar-refractivity contribution in [3.05, 3.63) is 42.0 Å². The SMILES string of the molecule is COc1cc(CBr)c2ccccc2c1. The van der Waals surface area contributed by atoms with E-state index < -0.39 is 0 Å². The van der Waals surface area contributed by atoms with Gasteiger partial charge in [0, 0.05) is 5.33 Å². The molecule has 0 aromatic heterocycles. The van der Waals surface area contributed by atoms with Gasteiger partial charge < -0.3 is 4.74 Å². The van der Waals surface area contributed by atoms with Gasteiger partial charge in [0.25, 0.3) is 0 Å². The molecular formula is C12H11BrO. The molecule has 2 rings (SSSR count). The van der Waals surface area contributed by atoms with Gasteiger partial charge in [-0.3, -0.25) is 0 Å². The van der Waals surface area contributed by atoms with E-state index in [0.717, 1.165) is 11.1 Å². The number of hydrogen-bond donors (Lipinski definition) is 0. The second-order valence-corrected chi connectivity index (χ2v) is 3.70. The molecule has 0 radical (unpaired) electrons. The van der Waals surface area contributed by atoms with Crippen LogP contribution in [0.5, 0.6) is 5.75 Å². The summed E-state index contributed by atoms with van der Waals surface area (Å²) in [6.07, 6.45) is 0. The number of alkyl halides is 1. The molecule has 0 aliphatic carbocycles. The summed E-state index contributed by atoms with van der Waals surface area (Å²) in [6, 6.07) is 12.5. The van der Waals surface area contributed by atoms with Crippen LogP contribution in [-0.4, -0.2) is 7.11 Å². The zero-order valence-electron chi connectivity index (χ0n) is 7.96. The molecule has 0 saturated heterocycles. The summed E-state index contributed by atoms with van der Waals surface area (Å²) in [5, 5.41) is 3.36. The third kappa shape index (κ3) is 1.62. The highest BCUT2D eigenvalue weighted by molar-refractivity contribution is 9.08. The molecule has 0 saturated carbocycles. The summed E-state index contributed by atoms with van der Waals surface area (Å²) in [5.74, 6) is 0.915. The largest absolute Gasteiger partial charge is 0.497 e. The Labute approximate surface area is 91.8 Å². The van der Waals surface area contributed by atoms with Gasteiger partial charge in [-0.1, -0.05) is 40.2 Å². The Kier molecular flexibility index (Phi) is 2.73. The van der Waals surface area contributed by atoms with Gasteiger partial charge >= 0.3 is 0 Å². The van der Waals surface area contributed by atoms with Crippen LogP contribution in [0.1, 0.15) is 5.56 Å². The summed E-state index contributed by atoms with van der Waals surface area (Å²) in [7, 11) is 1.70. The fourth-order valence-electron chi connectivity index (χ4n) is 1.59. The maximum atomic E-state index is 5.24. The first kappa shape index (κ1) is 9.53. The van der Waals surface area contributed by atoms with Crippen molar-refractivity contribution in [2.45, 2.75) is 5.33 Å². The Bertz CT molecular complexity index is 451. The normalized spacial score (nSPS) is 10.4. The van der Waals surface area contributed by atoms with Gasteiger partial charge in [-0.2, -0.15) is 0 Å². The van der Waals surface area contributed by atoms with E-state index in [1.54, 1.807) is 7.11 Å². The van der Waals surface area contributed by atoms with Gasteiger partial charge in [0.15, 0.2) is 0 Å². The van der Waals surface area contributed by atoms with E-state index in [0.29, 0.717) is 0 Å². The molecule has 0 amide bonds. The molecule has 72 valence electrons. The molecule has 0 atom stereocenters. The standard InChI is InChI=1S/C12H11BrO/c1-14-11-6-9-4-2-3-5-12(9)10(7-11)8-13/h2-7H,8H2,1H3. The minimum Gasteiger partial charge on any atom is -0.497 e. The average molecular weight is 251 g/mol. The number of methoxy groups -OCH3 is 1. The molecule has 0 N–H and O–H groups in total. The number of fused-ring (bicyclic) bond motifs is 1. The minimum atomic E-state index is 0.852. The molecule has 0 aliphatic heterocycles. The van der Waals surface area contributed by atoms with Crippen molar-refractivity contribution in [3.63, 3.8) is 0 Å². The number of hydrogen-bond acceptors (Lipinski definition) is 1. The smallest absolute Gasteiger partial charge is 0.119 e. The maximum Gasteiger partial charge on any atom is 0.119 e. The van der Waals surface area contributed by atoms with Crippen LogP contribution in [0.4, 0.5) is 0 Å². The zero-order valence-corrected chi connectivity index (χ0v) is 9.54. The predicted octanol–water partition coefficient (Wildman–Crippen LogP) is 3.74. The Morgan fingerprint density at radius 2 is 2.00 bits per heavy atom. The highest BCUT2D eigenvalue weighted by Crippen LogP contribution is 2.26. The lowest BCUT2D eigenvalue weighted by atomic mass is 10.1. The quantitative estimate of drug-likeness (QED) is 0.738. The molecule has 0 spiro atoms. The molecule has 2 heteroatoms. The van der Waals surface area contributed by atoms with Crippen molar-refractivity contribution < 1.29 is 4.74 Å². The van der Waals surface area contributed by atoms with Gasteiger partial charge in [0.2, 0.25) is 0 Å². The fourth-order valence-corrected chi connectivity index (χ4v) is 2.05. The molecule has 0 aliphatic rings. The summed E-state index contributed by atoms with van der Waals surface area (Å²) in [6.45, 7) is 0.